The predicted octanol–water partition coefficient (Wildman–Crippen LogP) is 3.06. The van der Waals surface area contributed by atoms with Crippen LogP contribution in [0.2, 0.25) is 0 Å². The summed E-state index contributed by atoms with van der Waals surface area (Å²) in [5.74, 6) is 0.766. The lowest BCUT2D eigenvalue weighted by Crippen LogP contribution is -2.21. The normalized spacial score (nSPS) is 11.5. The minimum atomic E-state index is 0.766. The largest absolute Gasteiger partial charge is 0.313 e. The van der Waals surface area contributed by atoms with Crippen LogP contribution in [-0.2, 0) is 13.1 Å². The second-order valence-electron chi connectivity index (χ2n) is 5.75. The molecular weight excluding hydrogens is 234 g/mol. The van der Waals surface area contributed by atoms with Crippen molar-refractivity contribution in [3.8, 4) is 0 Å². The van der Waals surface area contributed by atoms with Crippen LogP contribution in [0.4, 0.5) is 0 Å². The van der Waals surface area contributed by atoms with Crippen molar-refractivity contribution in [3.05, 3.63) is 29.6 Å². The monoisotopic (exact) mass is 263 g/mol. The van der Waals surface area contributed by atoms with Crippen molar-refractivity contribution in [1.29, 1.82) is 0 Å². The van der Waals surface area contributed by atoms with E-state index in [1.54, 1.807) is 0 Å². The molecule has 1 rings (SSSR count). The molecule has 1 heterocycles. The molecule has 0 saturated heterocycles. The van der Waals surface area contributed by atoms with Crippen molar-refractivity contribution in [1.82, 2.24) is 15.2 Å². The molecule has 0 aromatic carbocycles. The Kier molecular flexibility index (Phi) is 7.68. The van der Waals surface area contributed by atoms with Gasteiger partial charge in [-0.1, -0.05) is 26.8 Å². The lowest BCUT2D eigenvalue weighted by Gasteiger charge is -2.17. The van der Waals surface area contributed by atoms with Crippen LogP contribution in [0.5, 0.6) is 0 Å². The first kappa shape index (κ1) is 16.1. The molecule has 0 amide bonds. The minimum Gasteiger partial charge on any atom is -0.313 e. The van der Waals surface area contributed by atoms with Crippen LogP contribution in [0.3, 0.4) is 0 Å². The van der Waals surface area contributed by atoms with E-state index in [-0.39, 0.29) is 0 Å². The van der Waals surface area contributed by atoms with Crippen LogP contribution in [-0.4, -0.2) is 30.0 Å². The van der Waals surface area contributed by atoms with E-state index in [1.807, 2.05) is 6.20 Å². The maximum atomic E-state index is 4.54. The van der Waals surface area contributed by atoms with E-state index in [2.05, 4.69) is 55.2 Å². The van der Waals surface area contributed by atoms with Gasteiger partial charge in [0, 0.05) is 19.3 Å². The highest BCUT2D eigenvalue weighted by Crippen LogP contribution is 2.06. The van der Waals surface area contributed by atoms with Gasteiger partial charge in [0.2, 0.25) is 0 Å². The minimum absolute atomic E-state index is 0.766. The fourth-order valence-corrected chi connectivity index (χ4v) is 1.90. The molecule has 0 unspecified atom stereocenters. The fraction of sp³-hybridized carbons (Fsp3) is 0.688. The molecule has 1 aromatic rings. The zero-order valence-corrected chi connectivity index (χ0v) is 12.9. The zero-order chi connectivity index (χ0) is 14.1. The van der Waals surface area contributed by atoms with Crippen LogP contribution in [0, 0.1) is 5.92 Å². The molecule has 0 bridgehead atoms. The van der Waals surface area contributed by atoms with Crippen molar-refractivity contribution in [2.75, 3.05) is 20.1 Å². The summed E-state index contributed by atoms with van der Waals surface area (Å²) in [6, 6.07) is 4.33. The summed E-state index contributed by atoms with van der Waals surface area (Å²) in [6.07, 6.45) is 4.41. The molecule has 19 heavy (non-hydrogen) atoms. The molecule has 0 fully saturated rings. The highest BCUT2D eigenvalue weighted by Gasteiger charge is 2.03. The lowest BCUT2D eigenvalue weighted by atomic mass is 10.1. The Hall–Kier alpha value is -0.930. The summed E-state index contributed by atoms with van der Waals surface area (Å²) in [7, 11) is 2.17. The standard InChI is InChI=1S/C16H29N3/c1-5-9-17-11-15-6-7-16(18-12-15)13-19(4)10-8-14(2)3/h6-7,12,14,17H,5,8-11,13H2,1-4H3. The molecule has 0 aliphatic rings. The van der Waals surface area contributed by atoms with Gasteiger partial charge in [-0.3, -0.25) is 4.98 Å². The molecule has 0 atom stereocenters. The summed E-state index contributed by atoms with van der Waals surface area (Å²) < 4.78 is 0. The van der Waals surface area contributed by atoms with Crippen molar-refractivity contribution in [2.24, 2.45) is 5.92 Å². The van der Waals surface area contributed by atoms with E-state index < -0.39 is 0 Å². The summed E-state index contributed by atoms with van der Waals surface area (Å²) >= 11 is 0. The molecule has 1 aromatic heterocycles. The average molecular weight is 263 g/mol. The first-order chi connectivity index (χ1) is 9.11. The van der Waals surface area contributed by atoms with E-state index in [0.29, 0.717) is 0 Å². The van der Waals surface area contributed by atoms with Gasteiger partial charge in [0.25, 0.3) is 0 Å². The van der Waals surface area contributed by atoms with Crippen LogP contribution in [0.25, 0.3) is 0 Å². The molecule has 1 N–H and O–H groups in total. The maximum absolute atomic E-state index is 4.54. The van der Waals surface area contributed by atoms with E-state index in [4.69, 9.17) is 0 Å². The molecule has 0 radical (unpaired) electrons. The molecule has 0 spiro atoms. The van der Waals surface area contributed by atoms with Gasteiger partial charge in [-0.25, -0.2) is 0 Å². The van der Waals surface area contributed by atoms with Crippen LogP contribution in [0.15, 0.2) is 18.3 Å². The Morgan fingerprint density at radius 2 is 2.11 bits per heavy atom. The van der Waals surface area contributed by atoms with E-state index in [9.17, 15) is 0 Å². The first-order valence-corrected chi connectivity index (χ1v) is 7.45. The van der Waals surface area contributed by atoms with Gasteiger partial charge in [0.05, 0.1) is 5.69 Å². The SMILES string of the molecule is CCCNCc1ccc(CN(C)CCC(C)C)nc1. The summed E-state index contributed by atoms with van der Waals surface area (Å²) in [5.41, 5.74) is 2.42. The number of rotatable bonds is 9. The topological polar surface area (TPSA) is 28.2 Å². The number of nitrogens with one attached hydrogen (secondary N) is 1. The molecule has 3 nitrogen and oxygen atoms in total. The maximum Gasteiger partial charge on any atom is 0.0544 e. The van der Waals surface area contributed by atoms with Gasteiger partial charge >= 0.3 is 0 Å². The highest BCUT2D eigenvalue weighted by atomic mass is 15.1. The molecule has 0 saturated carbocycles. The van der Waals surface area contributed by atoms with Gasteiger partial charge in [0.1, 0.15) is 0 Å². The summed E-state index contributed by atoms with van der Waals surface area (Å²) in [5, 5.41) is 3.39. The third kappa shape index (κ3) is 7.28. The van der Waals surface area contributed by atoms with Gasteiger partial charge < -0.3 is 10.2 Å². The van der Waals surface area contributed by atoms with E-state index >= 15 is 0 Å². The summed E-state index contributed by atoms with van der Waals surface area (Å²) in [6.45, 7) is 10.8. The smallest absolute Gasteiger partial charge is 0.0544 e. The molecular formula is C16H29N3. The van der Waals surface area contributed by atoms with Crippen LogP contribution >= 0.6 is 0 Å². The third-order valence-corrected chi connectivity index (χ3v) is 3.16. The number of nitrogens with zero attached hydrogens (tertiary/aromatic N) is 2. The average Bonchev–Trinajstić information content (AvgIpc) is 2.39. The first-order valence-electron chi connectivity index (χ1n) is 7.45. The molecule has 0 aliphatic carbocycles. The quantitative estimate of drug-likeness (QED) is 0.694. The fourth-order valence-electron chi connectivity index (χ4n) is 1.90. The Balaban J connectivity index is 2.34. The Morgan fingerprint density at radius 1 is 1.32 bits per heavy atom. The van der Waals surface area contributed by atoms with Crippen LogP contribution in [0.1, 0.15) is 44.9 Å². The third-order valence-electron chi connectivity index (χ3n) is 3.16. The van der Waals surface area contributed by atoms with Gasteiger partial charge in [0.15, 0.2) is 0 Å². The van der Waals surface area contributed by atoms with Gasteiger partial charge in [-0.05, 0) is 50.5 Å². The predicted molar refractivity (Wildman–Crippen MR) is 82.0 cm³/mol. The molecule has 108 valence electrons. The van der Waals surface area contributed by atoms with Gasteiger partial charge in [-0.2, -0.15) is 0 Å². The number of hydrogen-bond donors (Lipinski definition) is 1. The Morgan fingerprint density at radius 3 is 2.68 bits per heavy atom. The van der Waals surface area contributed by atoms with Gasteiger partial charge in [-0.15, -0.1) is 0 Å². The molecule has 0 aliphatic heterocycles. The Labute approximate surface area is 118 Å². The number of hydrogen-bond acceptors (Lipinski definition) is 3. The van der Waals surface area contributed by atoms with E-state index in [1.165, 1.54) is 18.4 Å². The van der Waals surface area contributed by atoms with Crippen molar-refractivity contribution < 1.29 is 0 Å². The molecule has 3 heteroatoms. The summed E-state index contributed by atoms with van der Waals surface area (Å²) in [4.78, 5) is 6.89. The second kappa shape index (κ2) is 9.05. The van der Waals surface area contributed by atoms with E-state index in [0.717, 1.165) is 37.8 Å². The van der Waals surface area contributed by atoms with Crippen molar-refractivity contribution in [3.63, 3.8) is 0 Å². The lowest BCUT2D eigenvalue weighted by molar-refractivity contribution is 0.300. The van der Waals surface area contributed by atoms with Crippen molar-refractivity contribution >= 4 is 0 Å². The highest BCUT2D eigenvalue weighted by molar-refractivity contribution is 5.13. The number of pyridine rings is 1. The van der Waals surface area contributed by atoms with Crippen LogP contribution < -0.4 is 5.32 Å². The number of aromatic nitrogens is 1. The second-order valence-corrected chi connectivity index (χ2v) is 5.75. The zero-order valence-electron chi connectivity index (χ0n) is 12.9. The Bertz CT molecular complexity index is 332. The van der Waals surface area contributed by atoms with Crippen molar-refractivity contribution in [2.45, 2.75) is 46.7 Å².